The van der Waals surface area contributed by atoms with E-state index in [2.05, 4.69) is 4.98 Å². The van der Waals surface area contributed by atoms with E-state index in [1.807, 2.05) is 30.3 Å². The summed E-state index contributed by atoms with van der Waals surface area (Å²) in [6.07, 6.45) is 1.43. The van der Waals surface area contributed by atoms with Gasteiger partial charge in [0.25, 0.3) is 0 Å². The lowest BCUT2D eigenvalue weighted by atomic mass is 9.83. The summed E-state index contributed by atoms with van der Waals surface area (Å²) < 4.78 is 0. The van der Waals surface area contributed by atoms with Gasteiger partial charge in [0.05, 0.1) is 10.6 Å². The van der Waals surface area contributed by atoms with Crippen LogP contribution in [0.3, 0.4) is 0 Å². The molecule has 23 heavy (non-hydrogen) atoms. The number of pyridine rings is 1. The van der Waals surface area contributed by atoms with Gasteiger partial charge in [-0.15, -0.1) is 0 Å². The fourth-order valence-electron chi connectivity index (χ4n) is 2.91. The van der Waals surface area contributed by atoms with Crippen LogP contribution in [-0.4, -0.2) is 16.6 Å². The Hall–Kier alpha value is -2.78. The van der Waals surface area contributed by atoms with Crippen molar-refractivity contribution in [3.05, 3.63) is 88.2 Å². The van der Waals surface area contributed by atoms with Crippen LogP contribution in [0, 0.1) is 0 Å². The highest BCUT2D eigenvalue weighted by atomic mass is 35.5. The summed E-state index contributed by atoms with van der Waals surface area (Å²) in [6, 6.07) is 16.1. The third kappa shape index (κ3) is 2.01. The molecule has 0 aliphatic heterocycles. The molecule has 2 aromatic carbocycles. The van der Waals surface area contributed by atoms with Gasteiger partial charge < -0.3 is 0 Å². The molecule has 3 aromatic rings. The van der Waals surface area contributed by atoms with E-state index in [0.717, 1.165) is 5.56 Å². The smallest absolute Gasteiger partial charge is 0.212 e. The zero-order valence-electron chi connectivity index (χ0n) is 11.9. The molecule has 4 rings (SSSR count). The van der Waals surface area contributed by atoms with E-state index in [1.165, 1.54) is 6.20 Å². The molecule has 0 saturated carbocycles. The first kappa shape index (κ1) is 13.9. The van der Waals surface area contributed by atoms with Crippen LogP contribution in [0.15, 0.2) is 60.8 Å². The minimum Gasteiger partial charge on any atom is -0.288 e. The molecule has 0 spiro atoms. The summed E-state index contributed by atoms with van der Waals surface area (Å²) in [5, 5.41) is 0.357. The molecular weight excluding hydrogens is 310 g/mol. The standard InChI is InChI=1S/C19H10ClNO2/c20-14-10-21-17-16(15(14)11-6-2-1-3-7-11)18(22)12-8-4-5-9-13(12)19(17)23/h1-10H. The number of rotatable bonds is 1. The van der Waals surface area contributed by atoms with Crippen molar-refractivity contribution in [3.63, 3.8) is 0 Å². The quantitative estimate of drug-likeness (QED) is 0.529. The minimum atomic E-state index is -0.246. The average molecular weight is 320 g/mol. The number of carbonyl (C=O) groups excluding carboxylic acids is 2. The summed E-state index contributed by atoms with van der Waals surface area (Å²) in [6.45, 7) is 0. The minimum absolute atomic E-state index is 0.164. The van der Waals surface area contributed by atoms with Crippen molar-refractivity contribution in [1.29, 1.82) is 0 Å². The van der Waals surface area contributed by atoms with Gasteiger partial charge in [0.1, 0.15) is 5.69 Å². The average Bonchev–Trinajstić information content (AvgIpc) is 2.60. The third-order valence-corrected chi connectivity index (χ3v) is 4.24. The maximum Gasteiger partial charge on any atom is 0.212 e. The number of hydrogen-bond donors (Lipinski definition) is 0. The lowest BCUT2D eigenvalue weighted by Gasteiger charge is -2.20. The monoisotopic (exact) mass is 319 g/mol. The second-order valence-electron chi connectivity index (χ2n) is 5.27. The van der Waals surface area contributed by atoms with Crippen LogP contribution in [0.4, 0.5) is 0 Å². The molecule has 0 N–H and O–H groups in total. The first-order chi connectivity index (χ1) is 11.2. The van der Waals surface area contributed by atoms with Gasteiger partial charge in [-0.1, -0.05) is 66.2 Å². The molecule has 0 atom stereocenters. The van der Waals surface area contributed by atoms with E-state index >= 15 is 0 Å². The Morgan fingerprint density at radius 3 is 2.04 bits per heavy atom. The van der Waals surface area contributed by atoms with Crippen molar-refractivity contribution in [2.75, 3.05) is 0 Å². The van der Waals surface area contributed by atoms with Crippen molar-refractivity contribution < 1.29 is 9.59 Å². The van der Waals surface area contributed by atoms with Crippen molar-refractivity contribution in [1.82, 2.24) is 4.98 Å². The zero-order chi connectivity index (χ0) is 16.0. The molecule has 0 bridgehead atoms. The number of ketones is 2. The van der Waals surface area contributed by atoms with Gasteiger partial charge in [0, 0.05) is 22.9 Å². The van der Waals surface area contributed by atoms with E-state index in [4.69, 9.17) is 11.6 Å². The maximum atomic E-state index is 12.9. The van der Waals surface area contributed by atoms with E-state index in [1.54, 1.807) is 24.3 Å². The predicted octanol–water partition coefficient (Wildman–Crippen LogP) is 4.18. The number of aromatic nitrogens is 1. The normalized spacial score (nSPS) is 12.7. The molecule has 0 saturated heterocycles. The summed E-state index contributed by atoms with van der Waals surface area (Å²) in [4.78, 5) is 29.8. The highest BCUT2D eigenvalue weighted by Crippen LogP contribution is 2.37. The number of carbonyl (C=O) groups is 2. The Morgan fingerprint density at radius 2 is 1.35 bits per heavy atom. The largest absolute Gasteiger partial charge is 0.288 e. The molecule has 0 unspecified atom stereocenters. The van der Waals surface area contributed by atoms with Crippen molar-refractivity contribution in [3.8, 4) is 11.1 Å². The van der Waals surface area contributed by atoms with Gasteiger partial charge in [-0.2, -0.15) is 0 Å². The Balaban J connectivity index is 2.06. The third-order valence-electron chi connectivity index (χ3n) is 3.95. The maximum absolute atomic E-state index is 12.9. The van der Waals surface area contributed by atoms with Gasteiger partial charge in [-0.25, -0.2) is 0 Å². The first-order valence-corrected chi connectivity index (χ1v) is 7.48. The van der Waals surface area contributed by atoms with Gasteiger partial charge in [0.15, 0.2) is 5.78 Å². The molecular formula is C19H10ClNO2. The molecule has 0 radical (unpaired) electrons. The Morgan fingerprint density at radius 1 is 0.739 bits per heavy atom. The Labute approximate surface area is 137 Å². The van der Waals surface area contributed by atoms with Crippen LogP contribution in [-0.2, 0) is 0 Å². The van der Waals surface area contributed by atoms with E-state index < -0.39 is 0 Å². The molecule has 1 aromatic heterocycles. The SMILES string of the molecule is O=C1c2ccccc2C(=O)c2c1ncc(Cl)c2-c1ccccc1. The zero-order valence-corrected chi connectivity index (χ0v) is 12.7. The molecule has 0 fully saturated rings. The van der Waals surface area contributed by atoms with E-state index in [0.29, 0.717) is 21.7 Å². The van der Waals surface area contributed by atoms with Crippen molar-refractivity contribution >= 4 is 23.2 Å². The van der Waals surface area contributed by atoms with Crippen LogP contribution < -0.4 is 0 Å². The molecule has 110 valence electrons. The van der Waals surface area contributed by atoms with E-state index in [9.17, 15) is 9.59 Å². The summed E-state index contributed by atoms with van der Waals surface area (Å²) in [5.74, 6) is -0.465. The number of benzene rings is 2. The second-order valence-corrected chi connectivity index (χ2v) is 5.68. The highest BCUT2D eigenvalue weighted by Gasteiger charge is 2.33. The fourth-order valence-corrected chi connectivity index (χ4v) is 3.16. The second kappa shape index (κ2) is 5.14. The molecule has 1 aliphatic rings. The number of fused-ring (bicyclic) bond motifs is 2. The van der Waals surface area contributed by atoms with E-state index in [-0.39, 0.29) is 22.8 Å². The van der Waals surface area contributed by atoms with Crippen LogP contribution in [0.5, 0.6) is 0 Å². The number of halogens is 1. The summed E-state index contributed by atoms with van der Waals surface area (Å²) in [7, 11) is 0. The molecule has 1 heterocycles. The lowest BCUT2D eigenvalue weighted by Crippen LogP contribution is -2.23. The van der Waals surface area contributed by atoms with Gasteiger partial charge in [0.2, 0.25) is 5.78 Å². The highest BCUT2D eigenvalue weighted by molar-refractivity contribution is 6.37. The molecule has 1 aliphatic carbocycles. The number of hydrogen-bond acceptors (Lipinski definition) is 3. The fraction of sp³-hybridized carbons (Fsp3) is 0. The topological polar surface area (TPSA) is 47.0 Å². The predicted molar refractivity (Wildman–Crippen MR) is 88.0 cm³/mol. The Bertz CT molecular complexity index is 964. The van der Waals surface area contributed by atoms with Gasteiger partial charge in [-0.3, -0.25) is 14.6 Å². The first-order valence-electron chi connectivity index (χ1n) is 7.11. The van der Waals surface area contributed by atoms with Gasteiger partial charge >= 0.3 is 0 Å². The van der Waals surface area contributed by atoms with Crippen LogP contribution in [0.25, 0.3) is 11.1 Å². The van der Waals surface area contributed by atoms with Crippen molar-refractivity contribution in [2.24, 2.45) is 0 Å². The number of nitrogens with zero attached hydrogens (tertiary/aromatic N) is 1. The van der Waals surface area contributed by atoms with Crippen LogP contribution in [0.1, 0.15) is 32.0 Å². The molecule has 4 heteroatoms. The summed E-state index contributed by atoms with van der Waals surface area (Å²) in [5.41, 5.74) is 2.58. The molecule has 3 nitrogen and oxygen atoms in total. The van der Waals surface area contributed by atoms with Crippen molar-refractivity contribution in [2.45, 2.75) is 0 Å². The molecule has 0 amide bonds. The summed E-state index contributed by atoms with van der Waals surface area (Å²) >= 11 is 6.31. The van der Waals surface area contributed by atoms with Gasteiger partial charge in [-0.05, 0) is 5.56 Å². The van der Waals surface area contributed by atoms with Crippen LogP contribution in [0.2, 0.25) is 5.02 Å². The van der Waals surface area contributed by atoms with Crippen LogP contribution >= 0.6 is 11.6 Å². The Kier molecular flexibility index (Phi) is 3.10. The lowest BCUT2D eigenvalue weighted by molar-refractivity contribution is 0.0976.